The topological polar surface area (TPSA) is 0 Å². The zero-order chi connectivity index (χ0) is 12.3. The Labute approximate surface area is 102 Å². The predicted molar refractivity (Wildman–Crippen MR) is 73.5 cm³/mol. The number of hydrogen-bond acceptors (Lipinski definition) is 0. The van der Waals surface area contributed by atoms with E-state index in [4.69, 9.17) is 0 Å². The van der Waals surface area contributed by atoms with E-state index in [1.165, 1.54) is 31.3 Å². The fraction of sp³-hybridized carbons (Fsp3) is 0.750. The zero-order valence-corrected chi connectivity index (χ0v) is 11.8. The Morgan fingerprint density at radius 2 is 1.88 bits per heavy atom. The second-order valence-corrected chi connectivity index (χ2v) is 6.55. The van der Waals surface area contributed by atoms with Crippen LogP contribution in [0.5, 0.6) is 0 Å². The second-order valence-electron chi connectivity index (χ2n) is 6.55. The minimum Gasteiger partial charge on any atom is -0.0996 e. The molecule has 0 spiro atoms. The Bertz CT molecular complexity index is 275. The lowest BCUT2D eigenvalue weighted by Gasteiger charge is -2.36. The van der Waals surface area contributed by atoms with Crippen LogP contribution in [0.25, 0.3) is 0 Å². The summed E-state index contributed by atoms with van der Waals surface area (Å²) < 4.78 is 0. The molecule has 0 amide bonds. The van der Waals surface area contributed by atoms with Crippen molar-refractivity contribution in [2.45, 2.75) is 60.3 Å². The molecule has 1 aliphatic carbocycles. The summed E-state index contributed by atoms with van der Waals surface area (Å²) in [5.41, 5.74) is 3.41. The molecule has 16 heavy (non-hydrogen) atoms. The van der Waals surface area contributed by atoms with Gasteiger partial charge in [0.25, 0.3) is 0 Å². The summed E-state index contributed by atoms with van der Waals surface area (Å²) in [5.74, 6) is 1.43. The van der Waals surface area contributed by atoms with Gasteiger partial charge in [-0.2, -0.15) is 0 Å². The molecule has 0 bridgehead atoms. The highest BCUT2D eigenvalue weighted by atomic mass is 14.4. The molecule has 0 aromatic rings. The lowest BCUT2D eigenvalue weighted by atomic mass is 9.69. The van der Waals surface area contributed by atoms with Gasteiger partial charge in [0.05, 0.1) is 0 Å². The zero-order valence-electron chi connectivity index (χ0n) is 11.8. The molecule has 1 aliphatic rings. The van der Waals surface area contributed by atoms with Crippen molar-refractivity contribution in [1.82, 2.24) is 0 Å². The van der Waals surface area contributed by atoms with E-state index in [0.29, 0.717) is 11.3 Å². The summed E-state index contributed by atoms with van der Waals surface area (Å²) in [5, 5.41) is 0. The Morgan fingerprint density at radius 3 is 2.44 bits per heavy atom. The molecule has 0 heterocycles. The van der Waals surface area contributed by atoms with E-state index < -0.39 is 0 Å². The van der Waals surface area contributed by atoms with E-state index >= 15 is 0 Å². The maximum absolute atomic E-state index is 4.30. The van der Waals surface area contributed by atoms with Crippen LogP contribution < -0.4 is 0 Å². The van der Waals surface area contributed by atoms with E-state index in [9.17, 15) is 0 Å². The van der Waals surface area contributed by atoms with E-state index in [-0.39, 0.29) is 0 Å². The van der Waals surface area contributed by atoms with Crippen molar-refractivity contribution >= 4 is 0 Å². The molecule has 0 nitrogen and oxygen atoms in total. The van der Waals surface area contributed by atoms with Gasteiger partial charge in [-0.1, -0.05) is 51.5 Å². The Hall–Kier alpha value is -0.520. The molecule has 0 aliphatic heterocycles. The van der Waals surface area contributed by atoms with Crippen molar-refractivity contribution in [3.63, 3.8) is 0 Å². The van der Waals surface area contributed by atoms with Crippen LogP contribution >= 0.6 is 0 Å². The molecule has 0 unspecified atom stereocenters. The quantitative estimate of drug-likeness (QED) is 0.482. The van der Waals surface area contributed by atoms with Gasteiger partial charge in [0.1, 0.15) is 0 Å². The summed E-state index contributed by atoms with van der Waals surface area (Å²) in [7, 11) is 0. The molecule has 0 aromatic heterocycles. The Kier molecular flexibility index (Phi) is 4.41. The number of rotatable bonds is 0. The van der Waals surface area contributed by atoms with Gasteiger partial charge in [-0.15, -0.1) is 0 Å². The fourth-order valence-electron chi connectivity index (χ4n) is 2.93. The fourth-order valence-corrected chi connectivity index (χ4v) is 2.93. The minimum absolute atomic E-state index is 0.396. The van der Waals surface area contributed by atoms with Gasteiger partial charge in [0.2, 0.25) is 0 Å². The van der Waals surface area contributed by atoms with E-state index in [1.54, 1.807) is 5.57 Å². The molecule has 92 valence electrons. The molecule has 1 rings (SSSR count). The highest BCUT2D eigenvalue weighted by Crippen LogP contribution is 2.40. The van der Waals surface area contributed by atoms with Crippen molar-refractivity contribution in [2.75, 3.05) is 0 Å². The van der Waals surface area contributed by atoms with Gasteiger partial charge in [-0.3, -0.25) is 0 Å². The SMILES string of the molecule is C=C1CC/C=C(\C)CC[C@@H](C(C)(C)C)[C@H]1C. The molecular weight excluding hydrogens is 192 g/mol. The second kappa shape index (κ2) is 5.21. The predicted octanol–water partition coefficient (Wildman–Crippen LogP) is 5.36. The molecular formula is C16H28. The summed E-state index contributed by atoms with van der Waals surface area (Å²) in [4.78, 5) is 0. The maximum atomic E-state index is 4.30. The van der Waals surface area contributed by atoms with Crippen LogP contribution in [0.1, 0.15) is 60.3 Å². The lowest BCUT2D eigenvalue weighted by molar-refractivity contribution is 0.174. The first-order chi connectivity index (χ1) is 7.32. The monoisotopic (exact) mass is 220 g/mol. The minimum atomic E-state index is 0.396. The van der Waals surface area contributed by atoms with Gasteiger partial charge in [0, 0.05) is 0 Å². The molecule has 0 fully saturated rings. The lowest BCUT2D eigenvalue weighted by Crippen LogP contribution is -2.27. The molecule has 0 aromatic carbocycles. The Balaban J connectivity index is 2.87. The van der Waals surface area contributed by atoms with E-state index in [1.807, 2.05) is 0 Å². The third-order valence-corrected chi connectivity index (χ3v) is 4.17. The first kappa shape index (κ1) is 13.5. The van der Waals surface area contributed by atoms with Crippen LogP contribution in [0, 0.1) is 17.3 Å². The summed E-state index contributed by atoms with van der Waals surface area (Å²) in [6, 6.07) is 0. The van der Waals surface area contributed by atoms with Crippen LogP contribution in [0.15, 0.2) is 23.8 Å². The molecule has 0 heteroatoms. The third-order valence-electron chi connectivity index (χ3n) is 4.17. The highest BCUT2D eigenvalue weighted by Gasteiger charge is 2.30. The van der Waals surface area contributed by atoms with Crippen LogP contribution in [-0.4, -0.2) is 0 Å². The third kappa shape index (κ3) is 3.50. The molecule has 0 saturated carbocycles. The van der Waals surface area contributed by atoms with Gasteiger partial charge >= 0.3 is 0 Å². The average Bonchev–Trinajstić information content (AvgIpc) is 2.19. The molecule has 0 N–H and O–H groups in total. The molecule has 0 saturated heterocycles. The van der Waals surface area contributed by atoms with Crippen molar-refractivity contribution in [3.05, 3.63) is 23.8 Å². The van der Waals surface area contributed by atoms with Crippen LogP contribution in [0.4, 0.5) is 0 Å². The van der Waals surface area contributed by atoms with Gasteiger partial charge < -0.3 is 0 Å². The van der Waals surface area contributed by atoms with Crippen molar-refractivity contribution in [2.24, 2.45) is 17.3 Å². The first-order valence-corrected chi connectivity index (χ1v) is 6.65. The summed E-state index contributed by atoms with van der Waals surface area (Å²) in [6.45, 7) is 16.1. The van der Waals surface area contributed by atoms with Gasteiger partial charge in [-0.05, 0) is 49.9 Å². The van der Waals surface area contributed by atoms with Crippen LogP contribution in [0.3, 0.4) is 0 Å². The normalized spacial score (nSPS) is 32.3. The maximum Gasteiger partial charge on any atom is -0.0201 e. The number of allylic oxidation sites excluding steroid dienone is 3. The van der Waals surface area contributed by atoms with Crippen molar-refractivity contribution in [3.8, 4) is 0 Å². The Morgan fingerprint density at radius 1 is 1.25 bits per heavy atom. The smallest absolute Gasteiger partial charge is 0.0201 e. The summed E-state index contributed by atoms with van der Waals surface area (Å²) in [6.07, 6.45) is 7.34. The highest BCUT2D eigenvalue weighted by molar-refractivity contribution is 5.09. The standard InChI is InChI=1S/C16H28/c1-12-8-7-9-13(2)14(3)15(11-10-12)16(4,5)6/h8,14-15H,2,7,9-11H2,1,3-6H3/b12-8+/t14-,15+/m0/s1. The van der Waals surface area contributed by atoms with Gasteiger partial charge in [0.15, 0.2) is 0 Å². The van der Waals surface area contributed by atoms with Crippen LogP contribution in [0.2, 0.25) is 0 Å². The number of hydrogen-bond donors (Lipinski definition) is 0. The van der Waals surface area contributed by atoms with E-state index in [0.717, 1.165) is 5.92 Å². The van der Waals surface area contributed by atoms with E-state index in [2.05, 4.69) is 47.3 Å². The van der Waals surface area contributed by atoms with Crippen molar-refractivity contribution < 1.29 is 0 Å². The molecule has 0 radical (unpaired) electrons. The molecule has 2 atom stereocenters. The first-order valence-electron chi connectivity index (χ1n) is 6.65. The van der Waals surface area contributed by atoms with Crippen molar-refractivity contribution in [1.29, 1.82) is 0 Å². The van der Waals surface area contributed by atoms with Crippen LogP contribution in [-0.2, 0) is 0 Å². The van der Waals surface area contributed by atoms with Gasteiger partial charge in [-0.25, -0.2) is 0 Å². The average molecular weight is 220 g/mol. The summed E-state index contributed by atoms with van der Waals surface area (Å²) >= 11 is 0. The largest absolute Gasteiger partial charge is 0.0996 e.